The summed E-state index contributed by atoms with van der Waals surface area (Å²) >= 11 is 6.30. The van der Waals surface area contributed by atoms with E-state index in [1.54, 1.807) is 14.2 Å². The van der Waals surface area contributed by atoms with Crippen LogP contribution in [0, 0.1) is 0 Å². The third-order valence-electron chi connectivity index (χ3n) is 5.37. The van der Waals surface area contributed by atoms with Gasteiger partial charge in [0.1, 0.15) is 11.0 Å². The molecule has 1 aliphatic rings. The molecule has 0 saturated carbocycles. The fourth-order valence-electron chi connectivity index (χ4n) is 3.70. The lowest BCUT2D eigenvalue weighted by atomic mass is 10.1. The summed E-state index contributed by atoms with van der Waals surface area (Å²) in [5.74, 6) is 0.937. The van der Waals surface area contributed by atoms with Gasteiger partial charge in [-0.1, -0.05) is 23.7 Å². The molecule has 0 bridgehead atoms. The maximum absolute atomic E-state index is 6.30. The minimum Gasteiger partial charge on any atom is -0.383 e. The fraction of sp³-hybridized carbons (Fsp3) is 0.455. The van der Waals surface area contributed by atoms with Gasteiger partial charge in [-0.25, -0.2) is 4.98 Å². The van der Waals surface area contributed by atoms with Crippen LogP contribution in [0.15, 0.2) is 36.4 Å². The first kappa shape index (κ1) is 21.8. The number of anilines is 2. The summed E-state index contributed by atoms with van der Waals surface area (Å²) in [5.41, 5.74) is 3.74. The Hall–Kier alpha value is -2.39. The van der Waals surface area contributed by atoms with Gasteiger partial charge in [0, 0.05) is 63.8 Å². The Morgan fingerprint density at radius 3 is 2.35 bits per heavy atom. The molecule has 166 valence electrons. The number of morpholine rings is 1. The highest BCUT2D eigenvalue weighted by atomic mass is 35.5. The van der Waals surface area contributed by atoms with Crippen LogP contribution in [0.5, 0.6) is 0 Å². The molecule has 0 radical (unpaired) electrons. The van der Waals surface area contributed by atoms with E-state index in [2.05, 4.69) is 39.0 Å². The lowest BCUT2D eigenvalue weighted by Crippen LogP contribution is -2.37. The van der Waals surface area contributed by atoms with Crippen molar-refractivity contribution in [2.75, 3.05) is 76.6 Å². The molecule has 9 heteroatoms. The molecule has 0 spiro atoms. The smallest absolute Gasteiger partial charge is 0.159 e. The molecule has 31 heavy (non-hydrogen) atoms. The number of benzene rings is 1. The summed E-state index contributed by atoms with van der Waals surface area (Å²) in [6.07, 6.45) is 0. The molecule has 0 atom stereocenters. The molecule has 0 aliphatic carbocycles. The van der Waals surface area contributed by atoms with E-state index in [0.29, 0.717) is 31.6 Å². The van der Waals surface area contributed by atoms with Crippen molar-refractivity contribution in [3.8, 4) is 11.3 Å². The molecule has 1 saturated heterocycles. The third kappa shape index (κ3) is 5.10. The Balaban J connectivity index is 1.61. The Kier molecular flexibility index (Phi) is 7.24. The SMILES string of the molecule is COCCN(CCOC)c1ccc(-c2cc3nc(Cl)cc(N4CCOCC4)n3n2)cc1. The number of rotatable bonds is 9. The predicted molar refractivity (Wildman–Crippen MR) is 122 cm³/mol. The second-order valence-corrected chi connectivity index (χ2v) is 7.74. The van der Waals surface area contributed by atoms with Crippen molar-refractivity contribution in [3.63, 3.8) is 0 Å². The largest absolute Gasteiger partial charge is 0.383 e. The van der Waals surface area contributed by atoms with Crippen LogP contribution in [-0.2, 0) is 14.2 Å². The zero-order valence-corrected chi connectivity index (χ0v) is 18.7. The number of hydrogen-bond acceptors (Lipinski definition) is 7. The van der Waals surface area contributed by atoms with Gasteiger partial charge in [0.25, 0.3) is 0 Å². The van der Waals surface area contributed by atoms with E-state index in [1.165, 1.54) is 0 Å². The maximum Gasteiger partial charge on any atom is 0.159 e. The van der Waals surface area contributed by atoms with Crippen LogP contribution in [0.2, 0.25) is 5.15 Å². The van der Waals surface area contributed by atoms with Crippen LogP contribution >= 0.6 is 11.6 Å². The third-order valence-corrected chi connectivity index (χ3v) is 5.56. The van der Waals surface area contributed by atoms with Crippen LogP contribution in [0.25, 0.3) is 16.9 Å². The van der Waals surface area contributed by atoms with Crippen molar-refractivity contribution in [2.24, 2.45) is 0 Å². The minimum atomic E-state index is 0.461. The first-order valence-corrected chi connectivity index (χ1v) is 10.8. The summed E-state index contributed by atoms with van der Waals surface area (Å²) < 4.78 is 17.8. The molecule has 4 rings (SSSR count). The van der Waals surface area contributed by atoms with Crippen molar-refractivity contribution in [1.29, 1.82) is 0 Å². The normalized spacial score (nSPS) is 14.4. The van der Waals surface area contributed by atoms with E-state index in [1.807, 2.05) is 16.6 Å². The Morgan fingerprint density at radius 1 is 1.03 bits per heavy atom. The van der Waals surface area contributed by atoms with Crippen molar-refractivity contribution in [2.45, 2.75) is 0 Å². The van der Waals surface area contributed by atoms with Gasteiger partial charge < -0.3 is 24.0 Å². The highest BCUT2D eigenvalue weighted by Gasteiger charge is 2.18. The average Bonchev–Trinajstić information content (AvgIpc) is 3.23. The van der Waals surface area contributed by atoms with Crippen LogP contribution < -0.4 is 9.80 Å². The molecular formula is C22H28ClN5O3. The molecule has 2 aromatic heterocycles. The standard InChI is InChI=1S/C22H28ClN5O3/c1-29-11-7-26(8-12-30-2)18-5-3-17(4-6-18)19-15-21-24-20(23)16-22(28(21)25-19)27-9-13-31-14-10-27/h3-6,15-16H,7-14H2,1-2H3. The predicted octanol–water partition coefficient (Wildman–Crippen LogP) is 2.99. The lowest BCUT2D eigenvalue weighted by molar-refractivity contribution is 0.122. The molecule has 0 unspecified atom stereocenters. The Bertz CT molecular complexity index is 981. The number of fused-ring (bicyclic) bond motifs is 1. The second-order valence-electron chi connectivity index (χ2n) is 7.36. The zero-order chi connectivity index (χ0) is 21.6. The monoisotopic (exact) mass is 445 g/mol. The molecule has 8 nitrogen and oxygen atoms in total. The minimum absolute atomic E-state index is 0.461. The average molecular weight is 446 g/mol. The number of nitrogens with zero attached hydrogens (tertiary/aromatic N) is 5. The van der Waals surface area contributed by atoms with Crippen LogP contribution in [-0.4, -0.2) is 81.4 Å². The summed E-state index contributed by atoms with van der Waals surface area (Å²) in [5, 5.41) is 5.29. The van der Waals surface area contributed by atoms with E-state index in [4.69, 9.17) is 30.9 Å². The highest BCUT2D eigenvalue weighted by molar-refractivity contribution is 6.29. The summed E-state index contributed by atoms with van der Waals surface area (Å²) in [6.45, 7) is 5.93. The molecule has 0 N–H and O–H groups in total. The molecule has 1 aliphatic heterocycles. The number of aromatic nitrogens is 3. The Labute approximate surface area is 187 Å². The van der Waals surface area contributed by atoms with Gasteiger partial charge in [-0.3, -0.25) is 0 Å². The second kappa shape index (κ2) is 10.3. The molecule has 0 amide bonds. The molecule has 3 aromatic rings. The Morgan fingerprint density at radius 2 is 1.71 bits per heavy atom. The number of methoxy groups -OCH3 is 2. The van der Waals surface area contributed by atoms with Crippen LogP contribution in [0.3, 0.4) is 0 Å². The van der Waals surface area contributed by atoms with Gasteiger partial charge >= 0.3 is 0 Å². The van der Waals surface area contributed by atoms with E-state index in [-0.39, 0.29) is 0 Å². The van der Waals surface area contributed by atoms with Crippen molar-refractivity contribution >= 4 is 28.8 Å². The zero-order valence-electron chi connectivity index (χ0n) is 18.0. The number of halogens is 1. The van der Waals surface area contributed by atoms with Gasteiger partial charge in [-0.15, -0.1) is 0 Å². The maximum atomic E-state index is 6.30. The number of hydrogen-bond donors (Lipinski definition) is 0. The van der Waals surface area contributed by atoms with Gasteiger partial charge in [-0.05, 0) is 12.1 Å². The molecule has 1 aromatic carbocycles. The van der Waals surface area contributed by atoms with Gasteiger partial charge in [0.15, 0.2) is 5.65 Å². The summed E-state index contributed by atoms with van der Waals surface area (Å²) in [6, 6.07) is 12.2. The van der Waals surface area contributed by atoms with E-state index in [0.717, 1.165) is 54.6 Å². The highest BCUT2D eigenvalue weighted by Crippen LogP contribution is 2.27. The topological polar surface area (TPSA) is 64.4 Å². The summed E-state index contributed by atoms with van der Waals surface area (Å²) in [7, 11) is 3.43. The van der Waals surface area contributed by atoms with Gasteiger partial charge in [0.05, 0.1) is 32.1 Å². The van der Waals surface area contributed by atoms with E-state index >= 15 is 0 Å². The molecule has 3 heterocycles. The molecular weight excluding hydrogens is 418 g/mol. The molecule has 1 fully saturated rings. The van der Waals surface area contributed by atoms with Crippen molar-refractivity contribution in [3.05, 3.63) is 41.6 Å². The van der Waals surface area contributed by atoms with E-state index < -0.39 is 0 Å². The fourth-order valence-corrected chi connectivity index (χ4v) is 3.89. The number of ether oxygens (including phenoxy) is 3. The van der Waals surface area contributed by atoms with Gasteiger partial charge in [0.2, 0.25) is 0 Å². The van der Waals surface area contributed by atoms with Crippen molar-refractivity contribution < 1.29 is 14.2 Å². The lowest BCUT2D eigenvalue weighted by Gasteiger charge is -2.28. The van der Waals surface area contributed by atoms with Crippen molar-refractivity contribution in [1.82, 2.24) is 14.6 Å². The summed E-state index contributed by atoms with van der Waals surface area (Å²) in [4.78, 5) is 8.94. The van der Waals surface area contributed by atoms with Crippen LogP contribution in [0.1, 0.15) is 0 Å². The van der Waals surface area contributed by atoms with E-state index in [9.17, 15) is 0 Å². The quantitative estimate of drug-likeness (QED) is 0.469. The first-order chi connectivity index (χ1) is 15.2. The first-order valence-electron chi connectivity index (χ1n) is 10.4. The van der Waals surface area contributed by atoms with Gasteiger partial charge in [-0.2, -0.15) is 9.61 Å². The van der Waals surface area contributed by atoms with Crippen LogP contribution in [0.4, 0.5) is 11.5 Å².